The van der Waals surface area contributed by atoms with Crippen LogP contribution in [0.2, 0.25) is 0 Å². The second-order valence-electron chi connectivity index (χ2n) is 8.49. The van der Waals surface area contributed by atoms with Crippen LogP contribution in [0, 0.1) is 0 Å². The molecule has 0 saturated heterocycles. The molecule has 0 radical (unpaired) electrons. The molecule has 0 atom stereocenters. The minimum atomic E-state index is -1.12. The highest BCUT2D eigenvalue weighted by atomic mass is 16.5. The number of methoxy groups -OCH3 is 1. The number of aromatic amines is 1. The van der Waals surface area contributed by atoms with Crippen molar-refractivity contribution in [2.45, 2.75) is 38.0 Å². The Balaban J connectivity index is 1.64. The number of rotatable bonds is 5. The molecule has 0 amide bonds. The van der Waals surface area contributed by atoms with Gasteiger partial charge in [0.05, 0.1) is 12.8 Å². The first-order valence-corrected chi connectivity index (χ1v) is 11.2. The van der Waals surface area contributed by atoms with E-state index in [0.29, 0.717) is 16.9 Å². The highest BCUT2D eigenvalue weighted by molar-refractivity contribution is 5.86. The fraction of sp³-hybridized carbons (Fsp3) is 0.269. The van der Waals surface area contributed by atoms with Gasteiger partial charge in [-0.15, -0.1) is 0 Å². The van der Waals surface area contributed by atoms with Crippen molar-refractivity contribution >= 4 is 11.6 Å². The number of carboxylic acid groups (broad SMARTS) is 1. The van der Waals surface area contributed by atoms with E-state index in [-0.39, 0.29) is 17.2 Å². The second kappa shape index (κ2) is 8.58. The van der Waals surface area contributed by atoms with Crippen molar-refractivity contribution in [3.63, 3.8) is 0 Å². The molecule has 168 valence electrons. The molecule has 1 aliphatic rings. The number of ether oxygens (including phenoxy) is 1. The van der Waals surface area contributed by atoms with Gasteiger partial charge in [0.1, 0.15) is 11.4 Å². The number of benzene rings is 2. The predicted octanol–water partition coefficient (Wildman–Crippen LogP) is 5.11. The molecule has 2 aromatic carbocycles. The lowest BCUT2D eigenvalue weighted by Gasteiger charge is -2.23. The molecule has 2 aromatic heterocycles. The van der Waals surface area contributed by atoms with E-state index in [9.17, 15) is 14.7 Å². The largest absolute Gasteiger partial charge is 0.497 e. The smallest absolute Gasteiger partial charge is 0.353 e. The lowest BCUT2D eigenvalue weighted by Crippen LogP contribution is -2.25. The van der Waals surface area contributed by atoms with Gasteiger partial charge in [-0.3, -0.25) is 9.89 Å². The first-order chi connectivity index (χ1) is 16.0. The van der Waals surface area contributed by atoms with E-state index in [4.69, 9.17) is 9.72 Å². The number of fused-ring (bicyclic) bond motifs is 1. The molecule has 2 N–H and O–H groups in total. The van der Waals surface area contributed by atoms with Gasteiger partial charge in [0.15, 0.2) is 5.65 Å². The topological polar surface area (TPSA) is 96.7 Å². The van der Waals surface area contributed by atoms with Crippen molar-refractivity contribution in [1.29, 1.82) is 0 Å². The fourth-order valence-electron chi connectivity index (χ4n) is 4.75. The molecule has 1 fully saturated rings. The summed E-state index contributed by atoms with van der Waals surface area (Å²) in [5.74, 6) is -0.221. The van der Waals surface area contributed by atoms with Gasteiger partial charge in [0.25, 0.3) is 5.56 Å². The molecule has 0 bridgehead atoms. The van der Waals surface area contributed by atoms with Gasteiger partial charge in [0, 0.05) is 17.2 Å². The third kappa shape index (κ3) is 3.91. The van der Waals surface area contributed by atoms with Gasteiger partial charge in [-0.05, 0) is 42.0 Å². The summed E-state index contributed by atoms with van der Waals surface area (Å²) in [4.78, 5) is 29.7. The Hall–Kier alpha value is -3.87. The predicted molar refractivity (Wildman–Crippen MR) is 126 cm³/mol. The van der Waals surface area contributed by atoms with Crippen molar-refractivity contribution in [1.82, 2.24) is 14.6 Å². The Morgan fingerprint density at radius 1 is 1.03 bits per heavy atom. The van der Waals surface area contributed by atoms with Crippen LogP contribution < -0.4 is 10.3 Å². The van der Waals surface area contributed by atoms with Crippen LogP contribution in [-0.2, 0) is 0 Å². The van der Waals surface area contributed by atoms with E-state index in [1.54, 1.807) is 7.11 Å². The first-order valence-electron chi connectivity index (χ1n) is 11.2. The average molecular weight is 444 g/mol. The van der Waals surface area contributed by atoms with E-state index in [1.807, 2.05) is 48.5 Å². The molecule has 5 rings (SSSR count). The van der Waals surface area contributed by atoms with Crippen molar-refractivity contribution < 1.29 is 14.6 Å². The van der Waals surface area contributed by atoms with Crippen molar-refractivity contribution in [3.8, 4) is 28.1 Å². The van der Waals surface area contributed by atoms with Crippen LogP contribution in [0.3, 0.4) is 0 Å². The van der Waals surface area contributed by atoms with E-state index < -0.39 is 5.97 Å². The van der Waals surface area contributed by atoms with Gasteiger partial charge in [-0.2, -0.15) is 0 Å². The van der Waals surface area contributed by atoms with E-state index in [2.05, 4.69) is 5.10 Å². The quantitative estimate of drug-likeness (QED) is 0.447. The molecule has 4 aromatic rings. The molecule has 7 heteroatoms. The maximum atomic E-state index is 13.5. The zero-order valence-electron chi connectivity index (χ0n) is 18.4. The Kier molecular flexibility index (Phi) is 5.46. The molecular formula is C26H25N3O4. The molecule has 0 unspecified atom stereocenters. The van der Waals surface area contributed by atoms with E-state index >= 15 is 0 Å². The molecule has 2 heterocycles. The maximum absolute atomic E-state index is 13.5. The van der Waals surface area contributed by atoms with Crippen molar-refractivity contribution in [2.24, 2.45) is 0 Å². The van der Waals surface area contributed by atoms with Crippen molar-refractivity contribution in [2.75, 3.05) is 7.11 Å². The third-order valence-electron chi connectivity index (χ3n) is 6.45. The van der Waals surface area contributed by atoms with Gasteiger partial charge in [-0.25, -0.2) is 14.3 Å². The molecule has 0 spiro atoms. The Bertz CT molecular complexity index is 1380. The first kappa shape index (κ1) is 21.0. The summed E-state index contributed by atoms with van der Waals surface area (Å²) in [5.41, 5.74) is 4.26. The molecule has 1 aliphatic carbocycles. The Morgan fingerprint density at radius 3 is 2.45 bits per heavy atom. The molecular weight excluding hydrogens is 418 g/mol. The summed E-state index contributed by atoms with van der Waals surface area (Å²) >= 11 is 0. The minimum Gasteiger partial charge on any atom is -0.497 e. The van der Waals surface area contributed by atoms with E-state index in [1.165, 1.54) is 17.0 Å². The summed E-state index contributed by atoms with van der Waals surface area (Å²) < 4.78 is 6.60. The van der Waals surface area contributed by atoms with Crippen LogP contribution in [0.4, 0.5) is 0 Å². The standard InChI is InChI=1S/C26H25N3O4/c1-33-20-9-5-8-19(14-20)16-10-12-18(13-11-16)24-23(17-6-3-2-4-7-17)25(30)29-22(27-24)15-21(28-29)26(31)32/h5,8-15,17,28H,2-4,6-7H2,1H3,(H,31,32). The Morgan fingerprint density at radius 2 is 1.76 bits per heavy atom. The molecule has 0 aliphatic heterocycles. The number of carbonyl (C=O) groups is 1. The zero-order chi connectivity index (χ0) is 22.9. The van der Waals surface area contributed by atoms with Crippen molar-refractivity contribution in [3.05, 3.63) is 76.2 Å². The average Bonchev–Trinajstić information content (AvgIpc) is 3.30. The number of aromatic nitrogens is 3. The van der Waals surface area contributed by atoms with E-state index in [0.717, 1.165) is 48.1 Å². The lowest BCUT2D eigenvalue weighted by molar-refractivity contribution is 0.0690. The minimum absolute atomic E-state index is 0.0558. The van der Waals surface area contributed by atoms with Gasteiger partial charge < -0.3 is 9.84 Å². The monoisotopic (exact) mass is 443 g/mol. The van der Waals surface area contributed by atoms with Gasteiger partial charge in [0.2, 0.25) is 0 Å². The number of nitrogens with one attached hydrogen (secondary N) is 1. The number of hydrogen-bond donors (Lipinski definition) is 2. The summed E-state index contributed by atoms with van der Waals surface area (Å²) in [7, 11) is 1.64. The summed E-state index contributed by atoms with van der Waals surface area (Å²) in [6, 6.07) is 17.2. The summed E-state index contributed by atoms with van der Waals surface area (Å²) in [6.07, 6.45) is 5.19. The van der Waals surface area contributed by atoms with Gasteiger partial charge in [-0.1, -0.05) is 55.7 Å². The zero-order valence-corrected chi connectivity index (χ0v) is 18.4. The van der Waals surface area contributed by atoms with Crippen LogP contribution in [0.1, 0.15) is 54.1 Å². The lowest BCUT2D eigenvalue weighted by atomic mass is 9.82. The van der Waals surface area contributed by atoms with Gasteiger partial charge >= 0.3 is 5.97 Å². The van der Waals surface area contributed by atoms with Crippen LogP contribution in [0.5, 0.6) is 5.75 Å². The SMILES string of the molecule is COc1cccc(-c2ccc(-c3nc4cc(C(=O)O)[nH]n4c(=O)c3C3CCCCC3)cc2)c1. The van der Waals surface area contributed by atoms with Crippen LogP contribution in [0.15, 0.2) is 59.4 Å². The Labute approximate surface area is 190 Å². The third-order valence-corrected chi connectivity index (χ3v) is 6.45. The van der Waals surface area contributed by atoms with Crippen LogP contribution >= 0.6 is 0 Å². The van der Waals surface area contributed by atoms with Crippen LogP contribution in [-0.4, -0.2) is 32.8 Å². The second-order valence-corrected chi connectivity index (χ2v) is 8.49. The molecule has 1 saturated carbocycles. The number of carboxylic acids is 1. The normalized spacial score (nSPS) is 14.5. The number of hydrogen-bond acceptors (Lipinski definition) is 4. The molecule has 7 nitrogen and oxygen atoms in total. The van der Waals surface area contributed by atoms with Crippen LogP contribution in [0.25, 0.3) is 28.0 Å². The number of H-pyrrole nitrogens is 1. The number of nitrogens with zero attached hydrogens (tertiary/aromatic N) is 2. The fourth-order valence-corrected chi connectivity index (χ4v) is 4.75. The maximum Gasteiger partial charge on any atom is 0.353 e. The summed E-state index contributed by atoms with van der Waals surface area (Å²) in [6.45, 7) is 0. The number of aromatic carboxylic acids is 1. The summed E-state index contributed by atoms with van der Waals surface area (Å²) in [5, 5.41) is 12.1. The highest BCUT2D eigenvalue weighted by Gasteiger charge is 2.26. The molecule has 33 heavy (non-hydrogen) atoms. The highest BCUT2D eigenvalue weighted by Crippen LogP contribution is 2.36.